The molecule has 1 N–H and O–H groups in total. The van der Waals surface area contributed by atoms with Crippen molar-refractivity contribution >= 4 is 11.6 Å². The molecule has 1 aliphatic heterocycles. The summed E-state index contributed by atoms with van der Waals surface area (Å²) in [6, 6.07) is 6.37. The van der Waals surface area contributed by atoms with Crippen molar-refractivity contribution in [1.29, 1.82) is 0 Å². The molecule has 0 saturated carbocycles. The molecule has 1 aliphatic rings. The molecule has 2 rings (SSSR count). The normalized spacial score (nSPS) is 17.9. The molecular weight excluding hydrogens is 272 g/mol. The Morgan fingerprint density at radius 2 is 2.10 bits per heavy atom. The van der Waals surface area contributed by atoms with Gasteiger partial charge in [0, 0.05) is 42.8 Å². The third-order valence-corrected chi connectivity index (χ3v) is 4.21. The monoisotopic (exact) mass is 296 g/mol. The maximum absolute atomic E-state index is 6.20. The van der Waals surface area contributed by atoms with Crippen molar-refractivity contribution in [1.82, 2.24) is 10.2 Å². The van der Waals surface area contributed by atoms with Crippen LogP contribution >= 0.6 is 11.6 Å². The van der Waals surface area contributed by atoms with Crippen LogP contribution in [-0.4, -0.2) is 38.2 Å². The summed E-state index contributed by atoms with van der Waals surface area (Å²) >= 11 is 6.20. The number of piperazine rings is 1. The molecule has 1 fully saturated rings. The summed E-state index contributed by atoms with van der Waals surface area (Å²) in [4.78, 5) is 2.56. The van der Waals surface area contributed by atoms with E-state index in [1.165, 1.54) is 18.4 Å². The summed E-state index contributed by atoms with van der Waals surface area (Å²) in [5, 5.41) is 4.21. The van der Waals surface area contributed by atoms with E-state index < -0.39 is 0 Å². The second-order valence-electron chi connectivity index (χ2n) is 5.33. The van der Waals surface area contributed by atoms with Crippen LogP contribution in [0.2, 0.25) is 5.02 Å². The molecule has 1 aromatic rings. The Hall–Kier alpha value is -0.770. The SMILES string of the molecule is CCCC[C@H](c1cc(Cl)ccc1OC)N1CCNCC1. The third-order valence-electron chi connectivity index (χ3n) is 3.97. The van der Waals surface area contributed by atoms with Gasteiger partial charge in [0.1, 0.15) is 5.75 Å². The largest absolute Gasteiger partial charge is 0.496 e. The van der Waals surface area contributed by atoms with Gasteiger partial charge < -0.3 is 10.1 Å². The van der Waals surface area contributed by atoms with Crippen LogP contribution in [-0.2, 0) is 0 Å². The second-order valence-corrected chi connectivity index (χ2v) is 5.77. The Morgan fingerprint density at radius 3 is 2.75 bits per heavy atom. The lowest BCUT2D eigenvalue weighted by Gasteiger charge is -2.36. The van der Waals surface area contributed by atoms with Crippen LogP contribution in [0.3, 0.4) is 0 Å². The highest BCUT2D eigenvalue weighted by Gasteiger charge is 2.24. The minimum atomic E-state index is 0.408. The van der Waals surface area contributed by atoms with E-state index in [0.717, 1.165) is 43.4 Å². The Bertz CT molecular complexity index is 419. The minimum absolute atomic E-state index is 0.408. The molecule has 4 heteroatoms. The van der Waals surface area contributed by atoms with Gasteiger partial charge in [0.05, 0.1) is 7.11 Å². The van der Waals surface area contributed by atoms with Crippen molar-refractivity contribution in [2.24, 2.45) is 0 Å². The number of unbranched alkanes of at least 4 members (excludes halogenated alkanes) is 1. The fourth-order valence-corrected chi connectivity index (χ4v) is 3.07. The number of halogens is 1. The number of methoxy groups -OCH3 is 1. The topological polar surface area (TPSA) is 24.5 Å². The van der Waals surface area contributed by atoms with Gasteiger partial charge in [-0.2, -0.15) is 0 Å². The Labute approximate surface area is 127 Å². The van der Waals surface area contributed by atoms with E-state index in [1.54, 1.807) is 7.11 Å². The smallest absolute Gasteiger partial charge is 0.123 e. The maximum atomic E-state index is 6.20. The molecule has 1 saturated heterocycles. The molecule has 0 unspecified atom stereocenters. The van der Waals surface area contributed by atoms with Gasteiger partial charge in [0.15, 0.2) is 0 Å². The molecule has 20 heavy (non-hydrogen) atoms. The highest BCUT2D eigenvalue weighted by molar-refractivity contribution is 6.30. The average molecular weight is 297 g/mol. The second kappa shape index (κ2) is 7.87. The number of hydrogen-bond donors (Lipinski definition) is 1. The van der Waals surface area contributed by atoms with Gasteiger partial charge in [-0.25, -0.2) is 0 Å². The summed E-state index contributed by atoms with van der Waals surface area (Å²) in [5.41, 5.74) is 1.23. The lowest BCUT2D eigenvalue weighted by Crippen LogP contribution is -2.45. The van der Waals surface area contributed by atoms with Crippen molar-refractivity contribution in [2.45, 2.75) is 32.2 Å². The summed E-state index contributed by atoms with van der Waals surface area (Å²) < 4.78 is 5.55. The van der Waals surface area contributed by atoms with Crippen molar-refractivity contribution in [2.75, 3.05) is 33.3 Å². The first-order valence-corrected chi connectivity index (χ1v) is 7.92. The van der Waals surface area contributed by atoms with Crippen molar-refractivity contribution in [3.8, 4) is 5.75 Å². The highest BCUT2D eigenvalue weighted by Crippen LogP contribution is 2.35. The van der Waals surface area contributed by atoms with Crippen LogP contribution in [0, 0.1) is 0 Å². The van der Waals surface area contributed by atoms with E-state index in [2.05, 4.69) is 23.2 Å². The number of ether oxygens (including phenoxy) is 1. The zero-order valence-corrected chi connectivity index (χ0v) is 13.2. The first-order chi connectivity index (χ1) is 9.76. The molecule has 0 aliphatic carbocycles. The predicted octanol–water partition coefficient (Wildman–Crippen LogP) is 3.49. The summed E-state index contributed by atoms with van der Waals surface area (Å²) in [7, 11) is 1.74. The van der Waals surface area contributed by atoms with Crippen molar-refractivity contribution < 1.29 is 4.74 Å². The fraction of sp³-hybridized carbons (Fsp3) is 0.625. The molecular formula is C16H25ClN2O. The van der Waals surface area contributed by atoms with Gasteiger partial charge in [-0.15, -0.1) is 0 Å². The van der Waals surface area contributed by atoms with E-state index in [-0.39, 0.29) is 0 Å². The molecule has 1 atom stereocenters. The Morgan fingerprint density at radius 1 is 1.35 bits per heavy atom. The first-order valence-electron chi connectivity index (χ1n) is 7.54. The van der Waals surface area contributed by atoms with Crippen LogP contribution in [0.25, 0.3) is 0 Å². The van der Waals surface area contributed by atoms with Gasteiger partial charge in [-0.05, 0) is 24.6 Å². The van der Waals surface area contributed by atoms with E-state index in [0.29, 0.717) is 6.04 Å². The minimum Gasteiger partial charge on any atom is -0.496 e. The number of nitrogens with one attached hydrogen (secondary N) is 1. The number of rotatable bonds is 6. The van der Waals surface area contributed by atoms with Gasteiger partial charge in [0.25, 0.3) is 0 Å². The van der Waals surface area contributed by atoms with Crippen LogP contribution in [0.4, 0.5) is 0 Å². The van der Waals surface area contributed by atoms with E-state index in [1.807, 2.05) is 12.1 Å². The Balaban J connectivity index is 2.26. The van der Waals surface area contributed by atoms with Gasteiger partial charge in [-0.3, -0.25) is 4.90 Å². The summed E-state index contributed by atoms with van der Waals surface area (Å²) in [6.45, 7) is 6.54. The molecule has 0 radical (unpaired) electrons. The zero-order valence-electron chi connectivity index (χ0n) is 12.5. The van der Waals surface area contributed by atoms with Crippen LogP contribution in [0.1, 0.15) is 37.8 Å². The van der Waals surface area contributed by atoms with Gasteiger partial charge >= 0.3 is 0 Å². The summed E-state index contributed by atoms with van der Waals surface area (Å²) in [5.74, 6) is 0.953. The van der Waals surface area contributed by atoms with Crippen LogP contribution in [0.5, 0.6) is 5.75 Å². The lowest BCUT2D eigenvalue weighted by molar-refractivity contribution is 0.160. The van der Waals surface area contributed by atoms with E-state index >= 15 is 0 Å². The maximum Gasteiger partial charge on any atom is 0.123 e. The number of benzene rings is 1. The number of nitrogens with zero attached hydrogens (tertiary/aromatic N) is 1. The molecule has 0 spiro atoms. The zero-order chi connectivity index (χ0) is 14.4. The van der Waals surface area contributed by atoms with E-state index in [4.69, 9.17) is 16.3 Å². The first kappa shape index (κ1) is 15.6. The molecule has 1 heterocycles. The number of hydrogen-bond acceptors (Lipinski definition) is 3. The summed E-state index contributed by atoms with van der Waals surface area (Å²) in [6.07, 6.45) is 3.60. The lowest BCUT2D eigenvalue weighted by atomic mass is 9.97. The standard InChI is InChI=1S/C16H25ClN2O/c1-3-4-5-15(19-10-8-18-9-11-19)14-12-13(17)6-7-16(14)20-2/h6-7,12,15,18H,3-5,8-11H2,1-2H3/t15-/m1/s1. The Kier molecular flexibility index (Phi) is 6.14. The quantitative estimate of drug-likeness (QED) is 0.870. The molecule has 0 amide bonds. The molecule has 0 aromatic heterocycles. The molecule has 1 aromatic carbocycles. The predicted molar refractivity (Wildman–Crippen MR) is 84.7 cm³/mol. The highest BCUT2D eigenvalue weighted by atomic mass is 35.5. The molecule has 0 bridgehead atoms. The van der Waals surface area contributed by atoms with Gasteiger partial charge in [0.2, 0.25) is 0 Å². The van der Waals surface area contributed by atoms with Crippen molar-refractivity contribution in [3.63, 3.8) is 0 Å². The average Bonchev–Trinajstić information content (AvgIpc) is 2.49. The van der Waals surface area contributed by atoms with Gasteiger partial charge in [-0.1, -0.05) is 31.4 Å². The van der Waals surface area contributed by atoms with Crippen LogP contribution in [0.15, 0.2) is 18.2 Å². The third kappa shape index (κ3) is 3.87. The van der Waals surface area contributed by atoms with E-state index in [9.17, 15) is 0 Å². The molecule has 112 valence electrons. The van der Waals surface area contributed by atoms with Crippen LogP contribution < -0.4 is 10.1 Å². The molecule has 3 nitrogen and oxygen atoms in total. The fourth-order valence-electron chi connectivity index (χ4n) is 2.89. The van der Waals surface area contributed by atoms with Crippen molar-refractivity contribution in [3.05, 3.63) is 28.8 Å².